The zero-order valence-corrected chi connectivity index (χ0v) is 8.12. The minimum atomic E-state index is -0.766. The Morgan fingerprint density at radius 1 is 1.62 bits per heavy atom. The number of carboxylic acids is 1. The molecule has 0 aromatic heterocycles. The summed E-state index contributed by atoms with van der Waals surface area (Å²) in [5.41, 5.74) is 0. The fraction of sp³-hybridized carbons (Fsp3) is 0.889. The van der Waals surface area contributed by atoms with Crippen molar-refractivity contribution in [2.45, 2.75) is 32.4 Å². The van der Waals surface area contributed by atoms with Crippen molar-refractivity contribution in [2.24, 2.45) is 5.92 Å². The molecular weight excluding hydrogens is 170 g/mol. The Morgan fingerprint density at radius 3 is 2.85 bits per heavy atom. The van der Waals surface area contributed by atoms with Gasteiger partial charge in [0.2, 0.25) is 0 Å². The van der Waals surface area contributed by atoms with Crippen LogP contribution in [0.2, 0.25) is 0 Å². The van der Waals surface area contributed by atoms with Crippen molar-refractivity contribution in [2.75, 3.05) is 13.2 Å². The highest BCUT2D eigenvalue weighted by Crippen LogP contribution is 2.15. The minimum Gasteiger partial charge on any atom is -0.481 e. The number of hydrogen-bond donors (Lipinski definition) is 2. The number of carboxylic acid groups (broad SMARTS) is 1. The van der Waals surface area contributed by atoms with Crippen molar-refractivity contribution < 1.29 is 14.6 Å². The number of ether oxygens (including phenoxy) is 1. The van der Waals surface area contributed by atoms with Gasteiger partial charge < -0.3 is 15.2 Å². The summed E-state index contributed by atoms with van der Waals surface area (Å²) in [5, 5.41) is 12.2. The molecule has 1 rings (SSSR count). The van der Waals surface area contributed by atoms with Crippen molar-refractivity contribution in [3.63, 3.8) is 0 Å². The van der Waals surface area contributed by atoms with Crippen molar-refractivity contribution in [1.82, 2.24) is 5.32 Å². The predicted octanol–water partition coefficient (Wildman–Crippen LogP) is 0.474. The third-order valence-electron chi connectivity index (χ3n) is 2.22. The number of carbonyl (C=O) groups is 1. The summed E-state index contributed by atoms with van der Waals surface area (Å²) in [7, 11) is 0. The fourth-order valence-corrected chi connectivity index (χ4v) is 1.61. The van der Waals surface area contributed by atoms with Gasteiger partial charge in [-0.15, -0.1) is 0 Å². The van der Waals surface area contributed by atoms with Gasteiger partial charge in [0, 0.05) is 18.7 Å². The van der Waals surface area contributed by atoms with Crippen molar-refractivity contribution in [1.29, 1.82) is 0 Å². The topological polar surface area (TPSA) is 58.6 Å². The standard InChI is InChI=1S/C9H17NO3/c1-6(2)10-8-3-4-13-5-7(8)9(11)12/h6-8,10H,3-5H2,1-2H3,(H,11,12). The Bertz CT molecular complexity index is 182. The van der Waals surface area contributed by atoms with Gasteiger partial charge >= 0.3 is 5.97 Å². The van der Waals surface area contributed by atoms with E-state index >= 15 is 0 Å². The zero-order valence-electron chi connectivity index (χ0n) is 8.12. The minimum absolute atomic E-state index is 0.0613. The lowest BCUT2D eigenvalue weighted by Crippen LogP contribution is -2.48. The molecule has 2 unspecified atom stereocenters. The molecule has 4 heteroatoms. The van der Waals surface area contributed by atoms with Gasteiger partial charge in [0.15, 0.2) is 0 Å². The summed E-state index contributed by atoms with van der Waals surface area (Å²) in [5.74, 6) is -1.16. The molecule has 0 radical (unpaired) electrons. The molecule has 13 heavy (non-hydrogen) atoms. The first-order valence-corrected chi connectivity index (χ1v) is 4.68. The van der Waals surface area contributed by atoms with Crippen LogP contribution in [0.5, 0.6) is 0 Å². The first-order chi connectivity index (χ1) is 6.11. The van der Waals surface area contributed by atoms with Crippen LogP contribution in [0.3, 0.4) is 0 Å². The second-order valence-corrected chi connectivity index (χ2v) is 3.74. The molecule has 1 heterocycles. The molecule has 1 aliphatic rings. The maximum atomic E-state index is 10.8. The van der Waals surface area contributed by atoms with Crippen molar-refractivity contribution in [3.05, 3.63) is 0 Å². The summed E-state index contributed by atoms with van der Waals surface area (Å²) in [4.78, 5) is 10.8. The molecule has 0 bridgehead atoms. The van der Waals surface area contributed by atoms with E-state index in [0.29, 0.717) is 19.3 Å². The van der Waals surface area contributed by atoms with Gasteiger partial charge in [0.1, 0.15) is 0 Å². The molecular formula is C9H17NO3. The number of rotatable bonds is 3. The van der Waals surface area contributed by atoms with E-state index in [1.54, 1.807) is 0 Å². The summed E-state index contributed by atoms with van der Waals surface area (Å²) in [6, 6.07) is 0.385. The lowest BCUT2D eigenvalue weighted by molar-refractivity contribution is -0.147. The highest BCUT2D eigenvalue weighted by Gasteiger charge is 2.31. The lowest BCUT2D eigenvalue weighted by Gasteiger charge is -2.30. The monoisotopic (exact) mass is 187 g/mol. The first-order valence-electron chi connectivity index (χ1n) is 4.68. The molecule has 0 saturated carbocycles. The number of hydrogen-bond acceptors (Lipinski definition) is 3. The average molecular weight is 187 g/mol. The Morgan fingerprint density at radius 2 is 2.31 bits per heavy atom. The predicted molar refractivity (Wildman–Crippen MR) is 48.6 cm³/mol. The van der Waals surface area contributed by atoms with E-state index in [1.807, 2.05) is 13.8 Å². The highest BCUT2D eigenvalue weighted by atomic mass is 16.5. The van der Waals surface area contributed by atoms with Crippen LogP contribution in [0.15, 0.2) is 0 Å². The average Bonchev–Trinajstić information content (AvgIpc) is 2.03. The third-order valence-corrected chi connectivity index (χ3v) is 2.22. The molecule has 2 N–H and O–H groups in total. The van der Waals surface area contributed by atoms with Crippen LogP contribution < -0.4 is 5.32 Å². The summed E-state index contributed by atoms with van der Waals surface area (Å²) in [6.07, 6.45) is 0.787. The SMILES string of the molecule is CC(C)NC1CCOCC1C(=O)O. The van der Waals surface area contributed by atoms with E-state index in [1.165, 1.54) is 0 Å². The van der Waals surface area contributed by atoms with Crippen molar-refractivity contribution >= 4 is 5.97 Å². The van der Waals surface area contributed by atoms with Crippen LogP contribution in [0.25, 0.3) is 0 Å². The molecule has 76 valence electrons. The second kappa shape index (κ2) is 4.58. The molecule has 1 fully saturated rings. The summed E-state index contributed by atoms with van der Waals surface area (Å²) in [6.45, 7) is 5.04. The molecule has 1 aliphatic heterocycles. The van der Waals surface area contributed by atoms with Crippen LogP contribution in [0.4, 0.5) is 0 Å². The molecule has 1 saturated heterocycles. The number of aliphatic carboxylic acids is 1. The van der Waals surface area contributed by atoms with Gasteiger partial charge in [-0.05, 0) is 6.42 Å². The Balaban J connectivity index is 2.51. The van der Waals surface area contributed by atoms with Crippen LogP contribution in [0.1, 0.15) is 20.3 Å². The highest BCUT2D eigenvalue weighted by molar-refractivity contribution is 5.71. The molecule has 4 nitrogen and oxygen atoms in total. The van der Waals surface area contributed by atoms with Crippen LogP contribution in [-0.4, -0.2) is 36.4 Å². The Kier molecular flexibility index (Phi) is 3.69. The van der Waals surface area contributed by atoms with Gasteiger partial charge in [0.05, 0.1) is 12.5 Å². The largest absolute Gasteiger partial charge is 0.481 e. The van der Waals surface area contributed by atoms with Gasteiger partial charge in [-0.1, -0.05) is 13.8 Å². The fourth-order valence-electron chi connectivity index (χ4n) is 1.61. The first kappa shape index (κ1) is 10.5. The molecule has 0 spiro atoms. The lowest BCUT2D eigenvalue weighted by atomic mass is 9.95. The second-order valence-electron chi connectivity index (χ2n) is 3.74. The maximum absolute atomic E-state index is 10.8. The number of nitrogens with one attached hydrogen (secondary N) is 1. The normalized spacial score (nSPS) is 29.2. The van der Waals surface area contributed by atoms with Crippen LogP contribution in [-0.2, 0) is 9.53 Å². The maximum Gasteiger partial charge on any atom is 0.310 e. The smallest absolute Gasteiger partial charge is 0.310 e. The third kappa shape index (κ3) is 2.97. The van der Waals surface area contributed by atoms with E-state index in [2.05, 4.69) is 5.32 Å². The van der Waals surface area contributed by atoms with Crippen LogP contribution >= 0.6 is 0 Å². The van der Waals surface area contributed by atoms with Gasteiger partial charge in [-0.2, -0.15) is 0 Å². The molecule has 0 aromatic rings. The van der Waals surface area contributed by atoms with Crippen molar-refractivity contribution in [3.8, 4) is 0 Å². The summed E-state index contributed by atoms with van der Waals surface area (Å²) >= 11 is 0. The van der Waals surface area contributed by atoms with Crippen LogP contribution in [0, 0.1) is 5.92 Å². The Labute approximate surface area is 78.3 Å². The Hall–Kier alpha value is -0.610. The van der Waals surface area contributed by atoms with E-state index in [-0.39, 0.29) is 6.04 Å². The van der Waals surface area contributed by atoms with Gasteiger partial charge in [0.25, 0.3) is 0 Å². The van der Waals surface area contributed by atoms with E-state index in [9.17, 15) is 4.79 Å². The van der Waals surface area contributed by atoms with E-state index < -0.39 is 11.9 Å². The molecule has 0 aromatic carbocycles. The molecule has 0 aliphatic carbocycles. The zero-order chi connectivity index (χ0) is 9.84. The van der Waals surface area contributed by atoms with Gasteiger partial charge in [-0.25, -0.2) is 0 Å². The van der Waals surface area contributed by atoms with E-state index in [0.717, 1.165) is 6.42 Å². The summed E-state index contributed by atoms with van der Waals surface area (Å²) < 4.78 is 5.13. The quantitative estimate of drug-likeness (QED) is 0.674. The van der Waals surface area contributed by atoms with Gasteiger partial charge in [-0.3, -0.25) is 4.79 Å². The van der Waals surface area contributed by atoms with E-state index in [4.69, 9.17) is 9.84 Å². The molecule has 2 atom stereocenters. The molecule has 0 amide bonds.